The van der Waals surface area contributed by atoms with Crippen LogP contribution < -0.4 is 5.32 Å². The summed E-state index contributed by atoms with van der Waals surface area (Å²) < 4.78 is 27.5. The molecule has 0 radical (unpaired) electrons. The summed E-state index contributed by atoms with van der Waals surface area (Å²) in [5.74, 6) is -0.388. The summed E-state index contributed by atoms with van der Waals surface area (Å²) in [4.78, 5) is 19.5. The molecule has 7 nitrogen and oxygen atoms in total. The standard InChI is InChI=1S/C23H26N4O3S2/c1-16-7-8-18(13-17(16)2)21-15-31-23(24-21)25-22(28)19-5-4-6-20(14-19)32(29,30)27-11-9-26(3)10-12-27/h4-8,13-15H,9-12H2,1-3H3,(H,24,25,28). The number of aryl methyl sites for hydroxylation is 2. The Bertz CT molecular complexity index is 1250. The van der Waals surface area contributed by atoms with Crippen molar-refractivity contribution in [1.29, 1.82) is 0 Å². The molecule has 168 valence electrons. The van der Waals surface area contributed by atoms with Crippen LogP contribution in [0.15, 0.2) is 52.7 Å². The van der Waals surface area contributed by atoms with Gasteiger partial charge in [-0.1, -0.05) is 18.2 Å². The van der Waals surface area contributed by atoms with Gasteiger partial charge in [0.2, 0.25) is 10.0 Å². The average molecular weight is 471 g/mol. The van der Waals surface area contributed by atoms with Crippen LogP contribution in [0, 0.1) is 13.8 Å². The number of sulfonamides is 1. The summed E-state index contributed by atoms with van der Waals surface area (Å²) in [5.41, 5.74) is 4.46. The molecule has 0 saturated carbocycles. The molecule has 1 saturated heterocycles. The fraction of sp³-hybridized carbons (Fsp3) is 0.304. The molecule has 2 aromatic carbocycles. The number of nitrogens with one attached hydrogen (secondary N) is 1. The summed E-state index contributed by atoms with van der Waals surface area (Å²) in [6, 6.07) is 12.3. The lowest BCUT2D eigenvalue weighted by Crippen LogP contribution is -2.47. The van der Waals surface area contributed by atoms with E-state index in [1.54, 1.807) is 12.1 Å². The minimum atomic E-state index is -3.64. The van der Waals surface area contributed by atoms with Gasteiger partial charge < -0.3 is 4.90 Å². The summed E-state index contributed by atoms with van der Waals surface area (Å²) in [6.07, 6.45) is 0. The highest BCUT2D eigenvalue weighted by molar-refractivity contribution is 7.89. The number of nitrogens with zero attached hydrogens (tertiary/aromatic N) is 3. The minimum absolute atomic E-state index is 0.129. The lowest BCUT2D eigenvalue weighted by molar-refractivity contribution is 0.102. The second kappa shape index (κ2) is 9.11. The number of likely N-dealkylation sites (N-methyl/N-ethyl adjacent to an activating group) is 1. The van der Waals surface area contributed by atoms with Gasteiger partial charge >= 0.3 is 0 Å². The largest absolute Gasteiger partial charge is 0.304 e. The van der Waals surface area contributed by atoms with Crippen molar-refractivity contribution in [2.45, 2.75) is 18.7 Å². The fourth-order valence-corrected chi connectivity index (χ4v) is 5.69. The first-order valence-electron chi connectivity index (χ1n) is 10.4. The number of piperazine rings is 1. The maximum atomic E-state index is 13.0. The molecule has 1 aliphatic heterocycles. The van der Waals surface area contributed by atoms with Crippen LogP contribution in [-0.4, -0.2) is 61.7 Å². The Morgan fingerprint density at radius 3 is 2.50 bits per heavy atom. The second-order valence-electron chi connectivity index (χ2n) is 8.03. The first-order chi connectivity index (χ1) is 15.2. The highest BCUT2D eigenvalue weighted by Gasteiger charge is 2.28. The van der Waals surface area contributed by atoms with Gasteiger partial charge in [0, 0.05) is 42.7 Å². The van der Waals surface area contributed by atoms with E-state index in [0.717, 1.165) is 11.3 Å². The molecule has 1 aliphatic rings. The number of hydrogen-bond acceptors (Lipinski definition) is 6. The van der Waals surface area contributed by atoms with Gasteiger partial charge in [0.05, 0.1) is 10.6 Å². The topological polar surface area (TPSA) is 82.6 Å². The van der Waals surface area contributed by atoms with Gasteiger partial charge in [-0.25, -0.2) is 13.4 Å². The zero-order valence-electron chi connectivity index (χ0n) is 18.3. The Labute approximate surface area is 192 Å². The van der Waals surface area contributed by atoms with E-state index in [1.807, 2.05) is 18.5 Å². The fourth-order valence-electron chi connectivity index (χ4n) is 3.51. The van der Waals surface area contributed by atoms with Gasteiger partial charge in [0.1, 0.15) is 0 Å². The van der Waals surface area contributed by atoms with Crippen molar-refractivity contribution in [2.75, 3.05) is 38.5 Å². The molecule has 1 aromatic heterocycles. The summed E-state index contributed by atoms with van der Waals surface area (Å²) >= 11 is 1.34. The number of benzene rings is 2. The second-order valence-corrected chi connectivity index (χ2v) is 10.8. The lowest BCUT2D eigenvalue weighted by atomic mass is 10.1. The number of carbonyl (C=O) groups excluding carboxylic acids is 1. The summed E-state index contributed by atoms with van der Waals surface area (Å²) in [7, 11) is -1.67. The van der Waals surface area contributed by atoms with Crippen molar-refractivity contribution < 1.29 is 13.2 Å². The first-order valence-corrected chi connectivity index (χ1v) is 12.7. The Morgan fingerprint density at radius 2 is 1.78 bits per heavy atom. The number of hydrogen-bond donors (Lipinski definition) is 1. The molecule has 1 fully saturated rings. The molecule has 0 unspecified atom stereocenters. The Hall–Kier alpha value is -2.59. The highest BCUT2D eigenvalue weighted by atomic mass is 32.2. The van der Waals surface area contributed by atoms with Crippen LogP contribution in [0.3, 0.4) is 0 Å². The molecule has 0 spiro atoms. The van der Waals surface area contributed by atoms with Gasteiger partial charge in [0.15, 0.2) is 5.13 Å². The van der Waals surface area contributed by atoms with Gasteiger partial charge in [-0.2, -0.15) is 4.31 Å². The monoisotopic (exact) mass is 470 g/mol. The molecule has 32 heavy (non-hydrogen) atoms. The number of carbonyl (C=O) groups is 1. The van der Waals surface area contributed by atoms with Crippen LogP contribution in [0.5, 0.6) is 0 Å². The lowest BCUT2D eigenvalue weighted by Gasteiger charge is -2.31. The predicted molar refractivity (Wildman–Crippen MR) is 128 cm³/mol. The number of rotatable bonds is 5. The van der Waals surface area contributed by atoms with Crippen LogP contribution in [0.25, 0.3) is 11.3 Å². The molecule has 0 aliphatic carbocycles. The van der Waals surface area contributed by atoms with E-state index < -0.39 is 10.0 Å². The van der Waals surface area contributed by atoms with E-state index in [1.165, 1.54) is 38.9 Å². The van der Waals surface area contributed by atoms with E-state index in [0.29, 0.717) is 31.3 Å². The van der Waals surface area contributed by atoms with E-state index in [4.69, 9.17) is 0 Å². The van der Waals surface area contributed by atoms with Crippen molar-refractivity contribution in [2.24, 2.45) is 0 Å². The third-order valence-corrected chi connectivity index (χ3v) is 8.38. The van der Waals surface area contributed by atoms with Crippen LogP contribution >= 0.6 is 11.3 Å². The predicted octanol–water partition coefficient (Wildman–Crippen LogP) is 3.62. The molecule has 3 aromatic rings. The first kappa shape index (κ1) is 22.6. The van der Waals surface area contributed by atoms with Crippen molar-refractivity contribution in [3.8, 4) is 11.3 Å². The van der Waals surface area contributed by atoms with Gasteiger partial charge in [-0.05, 0) is 56.3 Å². The smallest absolute Gasteiger partial charge is 0.257 e. The highest BCUT2D eigenvalue weighted by Crippen LogP contribution is 2.27. The van der Waals surface area contributed by atoms with Crippen molar-refractivity contribution >= 4 is 32.4 Å². The van der Waals surface area contributed by atoms with Crippen LogP contribution in [-0.2, 0) is 10.0 Å². The molecule has 2 heterocycles. The van der Waals surface area contributed by atoms with E-state index in [9.17, 15) is 13.2 Å². The zero-order chi connectivity index (χ0) is 22.9. The van der Waals surface area contributed by atoms with Crippen LogP contribution in [0.1, 0.15) is 21.5 Å². The van der Waals surface area contributed by atoms with Crippen LogP contribution in [0.2, 0.25) is 0 Å². The molecule has 1 amide bonds. The third kappa shape index (κ3) is 4.75. The van der Waals surface area contributed by atoms with Crippen molar-refractivity contribution in [3.05, 3.63) is 64.5 Å². The van der Waals surface area contributed by atoms with Gasteiger partial charge in [0.25, 0.3) is 5.91 Å². The molecule has 0 atom stereocenters. The van der Waals surface area contributed by atoms with Gasteiger partial charge in [-0.3, -0.25) is 10.1 Å². The molecular weight excluding hydrogens is 444 g/mol. The SMILES string of the molecule is Cc1ccc(-c2csc(NC(=O)c3cccc(S(=O)(=O)N4CCN(C)CC4)c3)n2)cc1C. The summed E-state index contributed by atoms with van der Waals surface area (Å²) in [5, 5.41) is 5.16. The average Bonchev–Trinajstić information content (AvgIpc) is 3.24. The Balaban J connectivity index is 1.50. The quantitative estimate of drug-likeness (QED) is 0.616. The van der Waals surface area contributed by atoms with Crippen LogP contribution in [0.4, 0.5) is 5.13 Å². The number of anilines is 1. The van der Waals surface area contributed by atoms with E-state index >= 15 is 0 Å². The van der Waals surface area contributed by atoms with Crippen molar-refractivity contribution in [3.63, 3.8) is 0 Å². The Kier molecular flexibility index (Phi) is 6.43. The van der Waals surface area contributed by atoms with Crippen molar-refractivity contribution in [1.82, 2.24) is 14.2 Å². The summed E-state index contributed by atoms with van der Waals surface area (Å²) in [6.45, 7) is 6.37. The van der Waals surface area contributed by atoms with E-state index in [-0.39, 0.29) is 16.4 Å². The van der Waals surface area contributed by atoms with Gasteiger partial charge in [-0.15, -0.1) is 11.3 Å². The minimum Gasteiger partial charge on any atom is -0.304 e. The zero-order valence-corrected chi connectivity index (χ0v) is 20.0. The molecular formula is C23H26N4O3S2. The maximum Gasteiger partial charge on any atom is 0.257 e. The molecule has 0 bridgehead atoms. The molecule has 9 heteroatoms. The number of aromatic nitrogens is 1. The Morgan fingerprint density at radius 1 is 1.03 bits per heavy atom. The van der Waals surface area contributed by atoms with E-state index in [2.05, 4.69) is 41.2 Å². The maximum absolute atomic E-state index is 13.0. The number of amides is 1. The molecule has 1 N–H and O–H groups in total. The molecule has 4 rings (SSSR count). The third-order valence-electron chi connectivity index (χ3n) is 5.72. The normalized spacial score (nSPS) is 15.6. The number of thiazole rings is 1.